The average Bonchev–Trinajstić information content (AvgIpc) is 2.99. The minimum Gasteiger partial charge on any atom is -0.355 e. The Hall–Kier alpha value is -1.74. The highest BCUT2D eigenvalue weighted by Gasteiger charge is 2.32. The Morgan fingerprint density at radius 3 is 2.83 bits per heavy atom. The van der Waals surface area contributed by atoms with Gasteiger partial charge in [0.2, 0.25) is 5.91 Å². The van der Waals surface area contributed by atoms with Gasteiger partial charge in [0.15, 0.2) is 9.84 Å². The molecule has 24 heavy (non-hydrogen) atoms. The molecule has 1 fully saturated rings. The molecule has 2 N–H and O–H groups in total. The van der Waals surface area contributed by atoms with Gasteiger partial charge < -0.3 is 10.3 Å². The largest absolute Gasteiger partial charge is 0.355 e. The molecule has 2 aromatic rings. The zero-order chi connectivity index (χ0) is 17.5. The summed E-state index contributed by atoms with van der Waals surface area (Å²) in [4.78, 5) is 33.1. The lowest BCUT2D eigenvalue weighted by Crippen LogP contribution is -2.33. The number of nitrogens with one attached hydrogen (secondary N) is 2. The number of aromatic amines is 1. The monoisotopic (exact) mass is 369 g/mol. The molecule has 3 heterocycles. The van der Waals surface area contributed by atoms with Crippen LogP contribution in [0.15, 0.2) is 4.79 Å². The van der Waals surface area contributed by atoms with Crippen molar-refractivity contribution in [3.63, 3.8) is 0 Å². The fourth-order valence-electron chi connectivity index (χ4n) is 2.87. The number of aromatic nitrogens is 2. The number of sulfone groups is 1. The number of nitrogens with zero attached hydrogens (tertiary/aromatic N) is 1. The topological polar surface area (TPSA) is 109 Å². The van der Waals surface area contributed by atoms with Gasteiger partial charge >= 0.3 is 0 Å². The van der Waals surface area contributed by atoms with Crippen LogP contribution in [0.25, 0.3) is 10.2 Å². The molecular formula is C15H19N3O4S2. The van der Waals surface area contributed by atoms with Crippen LogP contribution in [0.1, 0.15) is 22.7 Å². The number of carbonyl (C=O) groups excluding carboxylic acids is 1. The van der Waals surface area contributed by atoms with Crippen LogP contribution in [-0.2, 0) is 21.1 Å². The Balaban J connectivity index is 1.64. The molecule has 1 atom stereocenters. The summed E-state index contributed by atoms with van der Waals surface area (Å²) in [7, 11) is -3.07. The van der Waals surface area contributed by atoms with Crippen molar-refractivity contribution in [3.8, 4) is 0 Å². The summed E-state index contributed by atoms with van der Waals surface area (Å²) < 4.78 is 22.8. The number of amides is 1. The molecule has 1 saturated heterocycles. The first-order valence-corrected chi connectivity index (χ1v) is 10.4. The number of hydrogen-bond acceptors (Lipinski definition) is 6. The summed E-state index contributed by atoms with van der Waals surface area (Å²) in [6, 6.07) is 0. The van der Waals surface area contributed by atoms with Gasteiger partial charge in [-0.15, -0.1) is 11.3 Å². The van der Waals surface area contributed by atoms with E-state index in [0.717, 1.165) is 10.4 Å². The lowest BCUT2D eigenvalue weighted by Gasteiger charge is -2.09. The van der Waals surface area contributed by atoms with Crippen LogP contribution < -0.4 is 10.9 Å². The van der Waals surface area contributed by atoms with E-state index < -0.39 is 15.8 Å². The van der Waals surface area contributed by atoms with Gasteiger partial charge in [0.05, 0.1) is 22.8 Å². The molecule has 130 valence electrons. The molecule has 9 heteroatoms. The first kappa shape index (κ1) is 17.1. The van der Waals surface area contributed by atoms with Crippen LogP contribution in [0, 0.1) is 19.8 Å². The minimum atomic E-state index is -3.07. The Bertz CT molecular complexity index is 959. The van der Waals surface area contributed by atoms with Gasteiger partial charge in [-0.05, 0) is 25.8 Å². The summed E-state index contributed by atoms with van der Waals surface area (Å²) in [6.45, 7) is 4.17. The number of rotatable bonds is 4. The van der Waals surface area contributed by atoms with Crippen molar-refractivity contribution in [2.24, 2.45) is 5.92 Å². The van der Waals surface area contributed by atoms with E-state index in [4.69, 9.17) is 0 Å². The molecule has 1 aliphatic heterocycles. The van der Waals surface area contributed by atoms with Crippen LogP contribution in [0.5, 0.6) is 0 Å². The Morgan fingerprint density at radius 1 is 1.42 bits per heavy atom. The van der Waals surface area contributed by atoms with Crippen LogP contribution in [0.2, 0.25) is 0 Å². The molecule has 1 unspecified atom stereocenters. The third kappa shape index (κ3) is 3.36. The highest BCUT2D eigenvalue weighted by Crippen LogP contribution is 2.25. The lowest BCUT2D eigenvalue weighted by atomic mass is 10.1. The number of fused-ring (bicyclic) bond motifs is 1. The van der Waals surface area contributed by atoms with Gasteiger partial charge in [0, 0.05) is 17.8 Å². The second kappa shape index (κ2) is 6.29. The second-order valence-electron chi connectivity index (χ2n) is 6.12. The van der Waals surface area contributed by atoms with Gasteiger partial charge in [-0.25, -0.2) is 13.4 Å². The molecule has 0 saturated carbocycles. The minimum absolute atomic E-state index is 0.0758. The smallest absolute Gasteiger partial charge is 0.259 e. The molecule has 0 aromatic carbocycles. The van der Waals surface area contributed by atoms with Crippen molar-refractivity contribution in [3.05, 3.63) is 26.6 Å². The van der Waals surface area contributed by atoms with Gasteiger partial charge in [-0.2, -0.15) is 0 Å². The third-order valence-corrected chi connectivity index (χ3v) is 7.22. The lowest BCUT2D eigenvalue weighted by molar-refractivity contribution is -0.124. The molecule has 1 amide bonds. The van der Waals surface area contributed by atoms with Gasteiger partial charge in [0.25, 0.3) is 5.56 Å². The van der Waals surface area contributed by atoms with Gasteiger partial charge in [-0.1, -0.05) is 0 Å². The predicted molar refractivity (Wildman–Crippen MR) is 93.2 cm³/mol. The predicted octanol–water partition coefficient (Wildman–Crippen LogP) is 0.695. The van der Waals surface area contributed by atoms with E-state index in [9.17, 15) is 18.0 Å². The van der Waals surface area contributed by atoms with Crippen molar-refractivity contribution in [1.82, 2.24) is 15.3 Å². The zero-order valence-corrected chi connectivity index (χ0v) is 15.1. The van der Waals surface area contributed by atoms with E-state index in [2.05, 4.69) is 15.3 Å². The van der Waals surface area contributed by atoms with Crippen molar-refractivity contribution < 1.29 is 13.2 Å². The van der Waals surface area contributed by atoms with E-state index in [-0.39, 0.29) is 23.0 Å². The van der Waals surface area contributed by atoms with Crippen molar-refractivity contribution in [1.29, 1.82) is 0 Å². The molecule has 7 nitrogen and oxygen atoms in total. The van der Waals surface area contributed by atoms with Gasteiger partial charge in [0.1, 0.15) is 10.7 Å². The van der Waals surface area contributed by atoms with Crippen LogP contribution in [-0.4, -0.2) is 42.3 Å². The van der Waals surface area contributed by atoms with E-state index >= 15 is 0 Å². The SMILES string of the molecule is Cc1sc2nc(CCNC(=O)C3CCS(=O)(=O)C3)[nH]c(=O)c2c1C. The Labute approximate surface area is 143 Å². The van der Waals surface area contributed by atoms with Crippen molar-refractivity contribution >= 4 is 37.3 Å². The van der Waals surface area contributed by atoms with Crippen LogP contribution in [0.3, 0.4) is 0 Å². The van der Waals surface area contributed by atoms with Crippen LogP contribution in [0.4, 0.5) is 0 Å². The Kier molecular flexibility index (Phi) is 4.48. The highest BCUT2D eigenvalue weighted by molar-refractivity contribution is 7.91. The molecule has 1 aliphatic rings. The first-order chi connectivity index (χ1) is 11.3. The molecule has 0 aliphatic carbocycles. The molecule has 0 radical (unpaired) electrons. The standard InChI is InChI=1S/C15H19N3O4S2/c1-8-9(2)23-15-12(8)14(20)17-11(18-15)3-5-16-13(19)10-4-6-24(21,22)7-10/h10H,3-7H2,1-2H3,(H,16,19)(H,17,18,20). The van der Waals surface area contributed by atoms with E-state index in [1.54, 1.807) is 0 Å². The maximum Gasteiger partial charge on any atom is 0.259 e. The quantitative estimate of drug-likeness (QED) is 0.824. The summed E-state index contributed by atoms with van der Waals surface area (Å²) >= 11 is 1.48. The third-order valence-electron chi connectivity index (χ3n) is 4.35. The number of thiophene rings is 1. The first-order valence-electron chi connectivity index (χ1n) is 7.74. The molecule has 0 spiro atoms. The molecule has 3 rings (SSSR count). The fourth-order valence-corrected chi connectivity index (χ4v) is 5.66. The normalized spacial score (nSPS) is 19.7. The van der Waals surface area contributed by atoms with E-state index in [1.165, 1.54) is 11.3 Å². The summed E-state index contributed by atoms with van der Waals surface area (Å²) in [6.07, 6.45) is 0.773. The summed E-state index contributed by atoms with van der Waals surface area (Å²) in [5, 5.41) is 3.36. The van der Waals surface area contributed by atoms with Crippen molar-refractivity contribution in [2.75, 3.05) is 18.1 Å². The van der Waals surface area contributed by atoms with Crippen LogP contribution >= 0.6 is 11.3 Å². The molecule has 0 bridgehead atoms. The highest BCUT2D eigenvalue weighted by atomic mass is 32.2. The average molecular weight is 369 g/mol. The number of H-pyrrole nitrogens is 1. The molecular weight excluding hydrogens is 350 g/mol. The Morgan fingerprint density at radius 2 is 2.17 bits per heavy atom. The fraction of sp³-hybridized carbons (Fsp3) is 0.533. The summed E-state index contributed by atoms with van der Waals surface area (Å²) in [5.74, 6) is -0.191. The summed E-state index contributed by atoms with van der Waals surface area (Å²) in [5.41, 5.74) is 0.788. The number of aryl methyl sites for hydroxylation is 2. The zero-order valence-electron chi connectivity index (χ0n) is 13.5. The van der Waals surface area contributed by atoms with Gasteiger partial charge in [-0.3, -0.25) is 9.59 Å². The maximum absolute atomic E-state index is 12.2. The van der Waals surface area contributed by atoms with E-state index in [0.29, 0.717) is 35.4 Å². The molecule has 2 aromatic heterocycles. The number of carbonyl (C=O) groups is 1. The number of hydrogen-bond donors (Lipinski definition) is 2. The second-order valence-corrected chi connectivity index (χ2v) is 9.55. The maximum atomic E-state index is 12.2. The van der Waals surface area contributed by atoms with Crippen molar-refractivity contribution in [2.45, 2.75) is 26.7 Å². The van der Waals surface area contributed by atoms with E-state index in [1.807, 2.05) is 13.8 Å².